The second-order valence-electron chi connectivity index (χ2n) is 4.34. The van der Waals surface area contributed by atoms with E-state index in [2.05, 4.69) is 4.72 Å². The van der Waals surface area contributed by atoms with Crippen molar-refractivity contribution in [3.05, 3.63) is 53.1 Å². The first-order chi connectivity index (χ1) is 9.42. The van der Waals surface area contributed by atoms with Gasteiger partial charge in [0, 0.05) is 5.69 Å². The van der Waals surface area contributed by atoms with Crippen LogP contribution in [0.25, 0.3) is 0 Å². The summed E-state index contributed by atoms with van der Waals surface area (Å²) >= 11 is 5.96. The quantitative estimate of drug-likeness (QED) is 0.851. The highest BCUT2D eigenvalue weighted by atomic mass is 35.5. The number of benzene rings is 2. The minimum absolute atomic E-state index is 0.197. The number of nitrogens with two attached hydrogens (primary N) is 1. The molecule has 0 atom stereocenters. The molecule has 2 rings (SSSR count). The van der Waals surface area contributed by atoms with Gasteiger partial charge in [0.25, 0.3) is 10.0 Å². The number of nitrogen functional groups attached to an aromatic ring is 1. The van der Waals surface area contributed by atoms with Gasteiger partial charge < -0.3 is 5.73 Å². The molecule has 4 nitrogen and oxygen atoms in total. The largest absolute Gasteiger partial charge is 0.399 e. The van der Waals surface area contributed by atoms with Gasteiger partial charge in [-0.2, -0.15) is 0 Å². The zero-order valence-corrected chi connectivity index (χ0v) is 12.5. The van der Waals surface area contributed by atoms with Gasteiger partial charge in [0.2, 0.25) is 0 Å². The van der Waals surface area contributed by atoms with Crippen LogP contribution in [-0.2, 0) is 16.4 Å². The molecule has 0 amide bonds. The predicted octanol–water partition coefficient (Wildman–Crippen LogP) is 3.29. The molecule has 3 N–H and O–H groups in total. The lowest BCUT2D eigenvalue weighted by Gasteiger charge is -2.10. The van der Waals surface area contributed by atoms with Crippen LogP contribution in [0.2, 0.25) is 5.02 Å². The highest BCUT2D eigenvalue weighted by Gasteiger charge is 2.15. The summed E-state index contributed by atoms with van der Waals surface area (Å²) in [4.78, 5) is 0.197. The summed E-state index contributed by atoms with van der Waals surface area (Å²) in [7, 11) is -3.65. The van der Waals surface area contributed by atoms with Gasteiger partial charge in [0.1, 0.15) is 0 Å². The average Bonchev–Trinajstić information content (AvgIpc) is 2.42. The normalized spacial score (nSPS) is 11.3. The SMILES string of the molecule is CCc1ccc(S(=O)(=O)Nc2ccc(N)cc2Cl)cc1. The molecule has 0 aliphatic rings. The van der Waals surface area contributed by atoms with E-state index in [-0.39, 0.29) is 9.92 Å². The fourth-order valence-electron chi connectivity index (χ4n) is 1.72. The summed E-state index contributed by atoms with van der Waals surface area (Å²) in [5, 5.41) is 0.263. The molecule has 6 heteroatoms. The van der Waals surface area contributed by atoms with Crippen molar-refractivity contribution in [2.24, 2.45) is 0 Å². The molecular formula is C14H15ClN2O2S. The Hall–Kier alpha value is -1.72. The van der Waals surface area contributed by atoms with Gasteiger partial charge in [-0.15, -0.1) is 0 Å². The van der Waals surface area contributed by atoms with E-state index in [1.54, 1.807) is 30.3 Å². The maximum Gasteiger partial charge on any atom is 0.261 e. The number of sulfonamides is 1. The minimum Gasteiger partial charge on any atom is -0.399 e. The predicted molar refractivity (Wildman–Crippen MR) is 82.5 cm³/mol. The highest BCUT2D eigenvalue weighted by Crippen LogP contribution is 2.26. The molecule has 2 aromatic carbocycles. The molecule has 0 aliphatic carbocycles. The molecule has 0 aromatic heterocycles. The molecule has 20 heavy (non-hydrogen) atoms. The van der Waals surface area contributed by atoms with E-state index in [4.69, 9.17) is 17.3 Å². The van der Waals surface area contributed by atoms with Crippen molar-refractivity contribution in [3.8, 4) is 0 Å². The summed E-state index contributed by atoms with van der Waals surface area (Å²) in [6, 6.07) is 11.4. The van der Waals surface area contributed by atoms with Crippen LogP contribution in [0.4, 0.5) is 11.4 Å². The Balaban J connectivity index is 2.30. The topological polar surface area (TPSA) is 72.2 Å². The summed E-state index contributed by atoms with van der Waals surface area (Å²) in [5.74, 6) is 0. The van der Waals surface area contributed by atoms with E-state index in [1.807, 2.05) is 6.92 Å². The van der Waals surface area contributed by atoms with Gasteiger partial charge >= 0.3 is 0 Å². The van der Waals surface area contributed by atoms with Crippen LogP contribution in [0.3, 0.4) is 0 Å². The van der Waals surface area contributed by atoms with Crippen LogP contribution in [0.1, 0.15) is 12.5 Å². The number of nitrogens with one attached hydrogen (secondary N) is 1. The van der Waals surface area contributed by atoms with E-state index < -0.39 is 10.0 Å². The van der Waals surface area contributed by atoms with Crippen LogP contribution in [-0.4, -0.2) is 8.42 Å². The lowest BCUT2D eigenvalue weighted by Crippen LogP contribution is -2.13. The molecule has 0 heterocycles. The molecule has 106 valence electrons. The van der Waals surface area contributed by atoms with Crippen molar-refractivity contribution in [2.45, 2.75) is 18.2 Å². The monoisotopic (exact) mass is 310 g/mol. The molecular weight excluding hydrogens is 296 g/mol. The highest BCUT2D eigenvalue weighted by molar-refractivity contribution is 7.92. The van der Waals surface area contributed by atoms with Crippen LogP contribution in [0, 0.1) is 0 Å². The third kappa shape index (κ3) is 3.23. The van der Waals surface area contributed by atoms with Crippen LogP contribution < -0.4 is 10.5 Å². The minimum atomic E-state index is -3.65. The fraction of sp³-hybridized carbons (Fsp3) is 0.143. The Morgan fingerprint density at radius 2 is 1.80 bits per heavy atom. The van der Waals surface area contributed by atoms with Crippen molar-refractivity contribution in [1.29, 1.82) is 0 Å². The number of halogens is 1. The van der Waals surface area contributed by atoms with Crippen molar-refractivity contribution in [3.63, 3.8) is 0 Å². The number of aryl methyl sites for hydroxylation is 1. The maximum absolute atomic E-state index is 12.2. The van der Waals surface area contributed by atoms with Crippen LogP contribution >= 0.6 is 11.6 Å². The Labute approximate surface area is 123 Å². The number of rotatable bonds is 4. The maximum atomic E-state index is 12.2. The second-order valence-corrected chi connectivity index (χ2v) is 6.43. The number of hydrogen-bond donors (Lipinski definition) is 2. The number of anilines is 2. The van der Waals surface area contributed by atoms with E-state index >= 15 is 0 Å². The first-order valence-corrected chi connectivity index (χ1v) is 7.95. The molecule has 0 saturated heterocycles. The van der Waals surface area contributed by atoms with Gasteiger partial charge in [-0.25, -0.2) is 8.42 Å². The Kier molecular flexibility index (Phi) is 4.20. The zero-order chi connectivity index (χ0) is 14.8. The van der Waals surface area contributed by atoms with E-state index in [1.165, 1.54) is 12.1 Å². The van der Waals surface area contributed by atoms with Gasteiger partial charge in [-0.1, -0.05) is 30.7 Å². The second kappa shape index (κ2) is 5.73. The van der Waals surface area contributed by atoms with E-state index in [9.17, 15) is 8.42 Å². The molecule has 0 unspecified atom stereocenters. The Morgan fingerprint density at radius 1 is 1.15 bits per heavy atom. The van der Waals surface area contributed by atoms with E-state index in [0.717, 1.165) is 12.0 Å². The summed E-state index contributed by atoms with van der Waals surface area (Å²) in [6.45, 7) is 2.01. The van der Waals surface area contributed by atoms with Crippen LogP contribution in [0.5, 0.6) is 0 Å². The van der Waals surface area contributed by atoms with Crippen molar-refractivity contribution in [2.75, 3.05) is 10.5 Å². The Bertz CT molecular complexity index is 712. The van der Waals surface area contributed by atoms with Crippen molar-refractivity contribution < 1.29 is 8.42 Å². The smallest absolute Gasteiger partial charge is 0.261 e. The summed E-state index contributed by atoms with van der Waals surface area (Å²) < 4.78 is 26.9. The summed E-state index contributed by atoms with van der Waals surface area (Å²) in [5.41, 5.74) is 7.43. The first-order valence-electron chi connectivity index (χ1n) is 6.09. The fourth-order valence-corrected chi connectivity index (χ4v) is 3.09. The van der Waals surface area contributed by atoms with Gasteiger partial charge in [-0.05, 0) is 42.3 Å². The van der Waals surface area contributed by atoms with Crippen LogP contribution in [0.15, 0.2) is 47.4 Å². The third-order valence-corrected chi connectivity index (χ3v) is 4.57. The molecule has 0 radical (unpaired) electrons. The van der Waals surface area contributed by atoms with Crippen molar-refractivity contribution >= 4 is 33.0 Å². The number of hydrogen-bond acceptors (Lipinski definition) is 3. The molecule has 2 aromatic rings. The Morgan fingerprint density at radius 3 is 2.35 bits per heavy atom. The lowest BCUT2D eigenvalue weighted by molar-refractivity contribution is 0.601. The van der Waals surface area contributed by atoms with Gasteiger partial charge in [-0.3, -0.25) is 4.72 Å². The molecule has 0 bridgehead atoms. The standard InChI is InChI=1S/C14H15ClN2O2S/c1-2-10-3-6-12(7-4-10)20(18,19)17-14-8-5-11(16)9-13(14)15/h3-9,17H,2,16H2,1H3. The molecule has 0 fully saturated rings. The molecule has 0 spiro atoms. The van der Waals surface area contributed by atoms with Gasteiger partial charge in [0.15, 0.2) is 0 Å². The zero-order valence-electron chi connectivity index (χ0n) is 10.9. The third-order valence-electron chi connectivity index (χ3n) is 2.88. The molecule has 0 saturated carbocycles. The summed E-state index contributed by atoms with van der Waals surface area (Å²) in [6.07, 6.45) is 0.859. The molecule has 0 aliphatic heterocycles. The van der Waals surface area contributed by atoms with Gasteiger partial charge in [0.05, 0.1) is 15.6 Å². The van der Waals surface area contributed by atoms with E-state index in [0.29, 0.717) is 11.4 Å². The van der Waals surface area contributed by atoms with Crippen molar-refractivity contribution in [1.82, 2.24) is 0 Å². The first kappa shape index (κ1) is 14.7. The average molecular weight is 311 g/mol. The lowest BCUT2D eigenvalue weighted by atomic mass is 10.2.